The minimum atomic E-state index is -1.42. The number of carbonyl (C=O) groups is 3. The smallest absolute Gasteiger partial charge is 0.251 e. The Balaban J connectivity index is 1.68. The molecule has 0 aromatic heterocycles. The van der Waals surface area contributed by atoms with Crippen LogP contribution in [0.15, 0.2) is 77.3 Å². The number of nitrogens with zero attached hydrogens (tertiary/aromatic N) is 1. The molecule has 0 aliphatic carbocycles. The molecule has 3 atom stereocenters. The van der Waals surface area contributed by atoms with E-state index in [9.17, 15) is 14.4 Å². The largest absolute Gasteiger partial charge is 0.325 e. The third kappa shape index (κ3) is 2.33. The van der Waals surface area contributed by atoms with E-state index in [1.54, 1.807) is 12.1 Å². The molecule has 3 aromatic carbocycles. The second-order valence-electron chi connectivity index (χ2n) is 8.82. The van der Waals surface area contributed by atoms with Crippen LogP contribution in [0.4, 0.5) is 11.4 Å². The van der Waals surface area contributed by atoms with E-state index in [1.807, 2.05) is 72.6 Å². The Morgan fingerprint density at radius 2 is 1.45 bits per heavy atom. The van der Waals surface area contributed by atoms with Gasteiger partial charge in [-0.3, -0.25) is 19.3 Å². The summed E-state index contributed by atoms with van der Waals surface area (Å²) in [6.07, 6.45) is 0. The number of amides is 2. The first-order valence-electron chi connectivity index (χ1n) is 10.8. The van der Waals surface area contributed by atoms with Crippen molar-refractivity contribution in [2.75, 3.05) is 24.2 Å². The summed E-state index contributed by atoms with van der Waals surface area (Å²) >= 11 is 3.42. The number of fused-ring (bicyclic) bond motifs is 5. The lowest BCUT2D eigenvalue weighted by molar-refractivity contribution is -0.136. The fourth-order valence-electron chi connectivity index (χ4n) is 6.19. The first-order valence-corrected chi connectivity index (χ1v) is 11.5. The first kappa shape index (κ1) is 20.3. The van der Waals surface area contributed by atoms with E-state index in [1.165, 1.54) is 0 Å². The fraction of sp³-hybridized carbons (Fsp3) is 0.192. The maximum Gasteiger partial charge on any atom is 0.251 e. The molecule has 2 N–H and O–H groups in total. The summed E-state index contributed by atoms with van der Waals surface area (Å²) in [4.78, 5) is 43.8. The molecule has 0 bridgehead atoms. The van der Waals surface area contributed by atoms with Crippen molar-refractivity contribution in [3.63, 3.8) is 0 Å². The molecule has 33 heavy (non-hydrogen) atoms. The highest BCUT2D eigenvalue weighted by Crippen LogP contribution is 2.63. The van der Waals surface area contributed by atoms with Gasteiger partial charge >= 0.3 is 0 Å². The van der Waals surface area contributed by atoms with Crippen LogP contribution in [0.3, 0.4) is 0 Å². The Morgan fingerprint density at radius 1 is 0.879 bits per heavy atom. The van der Waals surface area contributed by atoms with Crippen molar-refractivity contribution >= 4 is 44.9 Å². The summed E-state index contributed by atoms with van der Waals surface area (Å²) in [5, 5.41) is 5.99. The van der Waals surface area contributed by atoms with Crippen molar-refractivity contribution in [3.8, 4) is 0 Å². The molecule has 0 radical (unpaired) electrons. The maximum absolute atomic E-state index is 14.0. The molecule has 6 rings (SSSR count). The van der Waals surface area contributed by atoms with Crippen molar-refractivity contribution in [2.24, 2.45) is 5.92 Å². The van der Waals surface area contributed by atoms with Gasteiger partial charge in [-0.05, 0) is 36.9 Å². The molecule has 0 unspecified atom stereocenters. The lowest BCUT2D eigenvalue weighted by Gasteiger charge is -2.42. The number of carbonyl (C=O) groups excluding carboxylic acids is 3. The summed E-state index contributed by atoms with van der Waals surface area (Å²) in [6.45, 7) is 0.262. The molecule has 3 aliphatic rings. The van der Waals surface area contributed by atoms with Crippen LogP contribution in [0.25, 0.3) is 0 Å². The molecule has 3 aliphatic heterocycles. The fourth-order valence-corrected chi connectivity index (χ4v) is 6.46. The number of anilines is 2. The number of benzene rings is 3. The van der Waals surface area contributed by atoms with Gasteiger partial charge in [0.15, 0.2) is 5.78 Å². The quantitative estimate of drug-likeness (QED) is 0.521. The van der Waals surface area contributed by atoms with Gasteiger partial charge in [0.1, 0.15) is 11.0 Å². The van der Waals surface area contributed by atoms with Crippen molar-refractivity contribution in [2.45, 2.75) is 11.0 Å². The molecule has 1 saturated heterocycles. The summed E-state index contributed by atoms with van der Waals surface area (Å²) < 4.78 is 0.863. The van der Waals surface area contributed by atoms with Crippen LogP contribution in [0.5, 0.6) is 0 Å². The number of nitrogens with one attached hydrogen (secondary N) is 2. The minimum absolute atomic E-state index is 0.157. The van der Waals surface area contributed by atoms with Crippen molar-refractivity contribution in [3.05, 3.63) is 94.0 Å². The number of rotatable bonds is 2. The van der Waals surface area contributed by atoms with Gasteiger partial charge in [-0.2, -0.15) is 0 Å². The summed E-state index contributed by atoms with van der Waals surface area (Å²) in [6, 6.07) is 22.0. The Labute approximate surface area is 199 Å². The maximum atomic E-state index is 14.0. The highest BCUT2D eigenvalue weighted by Gasteiger charge is 2.77. The second-order valence-corrected chi connectivity index (χ2v) is 9.74. The van der Waals surface area contributed by atoms with Crippen molar-refractivity contribution in [1.82, 2.24) is 4.90 Å². The standard InChI is InChI=1S/C26H20BrN3O3/c1-30-14-19(22(31)15-10-12-16(27)13-11-15)25(17-6-2-4-8-20(17)28-23(25)32)26(30)18-7-3-5-9-21(18)29-24(26)33/h2-13,19H,14H2,1H3,(H,28,32)(H,29,33)/t19-,25+,26-/m1/s1. The number of hydrogen-bond acceptors (Lipinski definition) is 4. The molecule has 1 fully saturated rings. The normalized spacial score (nSPS) is 27.5. The predicted octanol–water partition coefficient (Wildman–Crippen LogP) is 3.93. The number of hydrogen-bond donors (Lipinski definition) is 2. The van der Waals surface area contributed by atoms with Crippen molar-refractivity contribution < 1.29 is 14.4 Å². The number of likely N-dealkylation sites (N-methyl/N-ethyl adjacent to an activating group) is 1. The molecular weight excluding hydrogens is 482 g/mol. The first-order chi connectivity index (χ1) is 15.9. The second kappa shape index (κ2) is 6.85. The van der Waals surface area contributed by atoms with E-state index in [0.29, 0.717) is 22.5 Å². The Kier molecular flexibility index (Phi) is 4.22. The predicted molar refractivity (Wildman–Crippen MR) is 128 cm³/mol. The molecule has 2 spiro atoms. The zero-order valence-corrected chi connectivity index (χ0v) is 19.3. The van der Waals surface area contributed by atoms with Crippen LogP contribution >= 0.6 is 15.9 Å². The molecule has 3 heterocycles. The number of likely N-dealkylation sites (tertiary alicyclic amines) is 1. The summed E-state index contributed by atoms with van der Waals surface area (Å²) in [5.41, 5.74) is 0.453. The molecule has 2 amide bonds. The highest BCUT2D eigenvalue weighted by molar-refractivity contribution is 9.10. The third-order valence-corrected chi connectivity index (χ3v) is 7.95. The van der Waals surface area contributed by atoms with Gasteiger partial charge in [0, 0.05) is 33.5 Å². The van der Waals surface area contributed by atoms with Gasteiger partial charge in [0.25, 0.3) is 5.91 Å². The van der Waals surface area contributed by atoms with Crippen LogP contribution < -0.4 is 10.6 Å². The van der Waals surface area contributed by atoms with E-state index in [-0.39, 0.29) is 24.1 Å². The van der Waals surface area contributed by atoms with Gasteiger partial charge < -0.3 is 10.6 Å². The van der Waals surface area contributed by atoms with Crippen molar-refractivity contribution in [1.29, 1.82) is 0 Å². The number of ketones is 1. The summed E-state index contributed by atoms with van der Waals surface area (Å²) in [5.74, 6) is -1.53. The zero-order valence-electron chi connectivity index (χ0n) is 17.8. The van der Waals surface area contributed by atoms with Crippen LogP contribution in [0, 0.1) is 5.92 Å². The molecular formula is C26H20BrN3O3. The highest BCUT2D eigenvalue weighted by atomic mass is 79.9. The van der Waals surface area contributed by atoms with Gasteiger partial charge in [0.2, 0.25) is 5.91 Å². The lowest BCUT2D eigenvalue weighted by atomic mass is 9.58. The molecule has 164 valence electrons. The Hall–Kier alpha value is -3.29. The van der Waals surface area contributed by atoms with Crippen LogP contribution in [-0.2, 0) is 20.5 Å². The third-order valence-electron chi connectivity index (χ3n) is 7.42. The topological polar surface area (TPSA) is 78.5 Å². The number of para-hydroxylation sites is 2. The van der Waals surface area contributed by atoms with E-state index in [0.717, 1.165) is 10.0 Å². The van der Waals surface area contributed by atoms with Gasteiger partial charge in [-0.25, -0.2) is 0 Å². The van der Waals surface area contributed by atoms with E-state index in [4.69, 9.17) is 0 Å². The summed E-state index contributed by atoms with van der Waals surface area (Å²) in [7, 11) is 1.83. The van der Waals surface area contributed by atoms with E-state index < -0.39 is 16.9 Å². The van der Waals surface area contributed by atoms with Gasteiger partial charge in [-0.1, -0.05) is 64.5 Å². The molecule has 0 saturated carbocycles. The van der Waals surface area contributed by atoms with Gasteiger partial charge in [0.05, 0.1) is 5.92 Å². The minimum Gasteiger partial charge on any atom is -0.325 e. The van der Waals surface area contributed by atoms with E-state index in [2.05, 4.69) is 26.6 Å². The molecule has 6 nitrogen and oxygen atoms in total. The Bertz CT molecular complexity index is 1350. The average Bonchev–Trinajstić information content (AvgIpc) is 3.39. The molecule has 3 aromatic rings. The van der Waals surface area contributed by atoms with E-state index >= 15 is 0 Å². The lowest BCUT2D eigenvalue weighted by Crippen LogP contribution is -2.61. The average molecular weight is 502 g/mol. The monoisotopic (exact) mass is 501 g/mol. The van der Waals surface area contributed by atoms with Crippen LogP contribution in [0.1, 0.15) is 21.5 Å². The molecule has 7 heteroatoms. The SMILES string of the molecule is CN1C[C@H](C(=O)c2ccc(Br)cc2)[C@@]2(C(=O)Nc3ccccc32)[C@@]12C(=O)Nc1ccccc12. The number of halogens is 1. The van der Waals surface area contributed by atoms with Gasteiger partial charge in [-0.15, -0.1) is 0 Å². The Morgan fingerprint density at radius 3 is 2.15 bits per heavy atom. The van der Waals surface area contributed by atoms with Crippen LogP contribution in [0.2, 0.25) is 0 Å². The van der Waals surface area contributed by atoms with Crippen LogP contribution in [-0.4, -0.2) is 36.1 Å². The zero-order chi connectivity index (χ0) is 23.0. The number of Topliss-reactive ketones (excluding diaryl/α,β-unsaturated/α-hetero) is 1.